The first-order valence-electron chi connectivity index (χ1n) is 6.13. The van der Waals surface area contributed by atoms with E-state index in [-0.39, 0.29) is 17.7 Å². The highest BCUT2D eigenvalue weighted by atomic mass is 16.2. The van der Waals surface area contributed by atoms with Crippen molar-refractivity contribution in [1.29, 1.82) is 0 Å². The number of amides is 2. The van der Waals surface area contributed by atoms with Crippen molar-refractivity contribution in [2.75, 3.05) is 13.1 Å². The molecule has 1 saturated carbocycles. The lowest BCUT2D eigenvalue weighted by Crippen LogP contribution is -2.64. The molecule has 2 fully saturated rings. The quantitative estimate of drug-likeness (QED) is 0.720. The number of rotatable bonds is 1. The average molecular weight is 224 g/mol. The van der Waals surface area contributed by atoms with Crippen LogP contribution in [-0.4, -0.2) is 35.3 Å². The van der Waals surface area contributed by atoms with Gasteiger partial charge in [-0.15, -0.1) is 0 Å². The lowest BCUT2D eigenvalue weighted by atomic mass is 9.95. The maximum Gasteiger partial charge on any atom is 0.245 e. The fourth-order valence-corrected chi connectivity index (χ4v) is 2.68. The lowest BCUT2D eigenvalue weighted by Gasteiger charge is -2.42. The van der Waals surface area contributed by atoms with Crippen LogP contribution in [0.2, 0.25) is 0 Å². The molecule has 0 aromatic carbocycles. The summed E-state index contributed by atoms with van der Waals surface area (Å²) in [6, 6.07) is 0. The number of carbonyl (C=O) groups excluding carboxylic acids is 2. The van der Waals surface area contributed by atoms with E-state index in [4.69, 9.17) is 0 Å². The van der Waals surface area contributed by atoms with E-state index in [1.807, 2.05) is 13.8 Å². The summed E-state index contributed by atoms with van der Waals surface area (Å²) >= 11 is 0. The molecule has 1 saturated heterocycles. The highest BCUT2D eigenvalue weighted by molar-refractivity contribution is 5.92. The Hall–Kier alpha value is -1.06. The van der Waals surface area contributed by atoms with Gasteiger partial charge in [0.05, 0.1) is 0 Å². The minimum Gasteiger partial charge on any atom is -0.352 e. The Bertz CT molecular complexity index is 306. The zero-order chi connectivity index (χ0) is 11.8. The second-order valence-electron chi connectivity index (χ2n) is 5.29. The normalized spacial score (nSPS) is 25.6. The van der Waals surface area contributed by atoms with E-state index in [0.717, 1.165) is 25.7 Å². The molecule has 1 heterocycles. The maximum absolute atomic E-state index is 12.3. The SMILES string of the molecule is CC1(C)C(=O)NCCN1C(=O)C1CCCC1. The first-order chi connectivity index (χ1) is 7.53. The van der Waals surface area contributed by atoms with Crippen molar-refractivity contribution in [3.8, 4) is 0 Å². The molecule has 4 heteroatoms. The Balaban J connectivity index is 2.12. The van der Waals surface area contributed by atoms with Gasteiger partial charge >= 0.3 is 0 Å². The monoisotopic (exact) mass is 224 g/mol. The molecule has 4 nitrogen and oxygen atoms in total. The number of hydrogen-bond donors (Lipinski definition) is 1. The van der Waals surface area contributed by atoms with Crippen molar-refractivity contribution in [2.45, 2.75) is 45.1 Å². The van der Waals surface area contributed by atoms with E-state index in [1.165, 1.54) is 0 Å². The van der Waals surface area contributed by atoms with Crippen molar-refractivity contribution < 1.29 is 9.59 Å². The first kappa shape index (κ1) is 11.4. The van der Waals surface area contributed by atoms with Crippen LogP contribution in [0, 0.1) is 5.92 Å². The van der Waals surface area contributed by atoms with Crippen LogP contribution < -0.4 is 5.32 Å². The van der Waals surface area contributed by atoms with Gasteiger partial charge in [-0.3, -0.25) is 9.59 Å². The fraction of sp³-hybridized carbons (Fsp3) is 0.833. The van der Waals surface area contributed by atoms with Gasteiger partial charge in [0.1, 0.15) is 5.54 Å². The third kappa shape index (κ3) is 1.81. The van der Waals surface area contributed by atoms with Gasteiger partial charge in [0.25, 0.3) is 0 Å². The Morgan fingerprint density at radius 2 is 2.00 bits per heavy atom. The Kier molecular flexibility index (Phi) is 2.91. The van der Waals surface area contributed by atoms with Crippen molar-refractivity contribution in [3.05, 3.63) is 0 Å². The lowest BCUT2D eigenvalue weighted by molar-refractivity contribution is -0.151. The van der Waals surface area contributed by atoms with Crippen LogP contribution in [-0.2, 0) is 9.59 Å². The van der Waals surface area contributed by atoms with E-state index in [1.54, 1.807) is 4.90 Å². The number of carbonyl (C=O) groups is 2. The van der Waals surface area contributed by atoms with Gasteiger partial charge in [-0.25, -0.2) is 0 Å². The Morgan fingerprint density at radius 1 is 1.38 bits per heavy atom. The van der Waals surface area contributed by atoms with Gasteiger partial charge in [0, 0.05) is 19.0 Å². The maximum atomic E-state index is 12.3. The number of hydrogen-bond acceptors (Lipinski definition) is 2. The molecular weight excluding hydrogens is 204 g/mol. The predicted octanol–water partition coefficient (Wildman–Crippen LogP) is 0.914. The van der Waals surface area contributed by atoms with E-state index >= 15 is 0 Å². The van der Waals surface area contributed by atoms with E-state index in [2.05, 4.69) is 5.32 Å². The molecule has 1 aliphatic heterocycles. The van der Waals surface area contributed by atoms with Crippen LogP contribution in [0.5, 0.6) is 0 Å². The molecule has 16 heavy (non-hydrogen) atoms. The molecule has 0 radical (unpaired) electrons. The fourth-order valence-electron chi connectivity index (χ4n) is 2.68. The Labute approximate surface area is 96.4 Å². The van der Waals surface area contributed by atoms with Gasteiger partial charge in [-0.05, 0) is 26.7 Å². The summed E-state index contributed by atoms with van der Waals surface area (Å²) in [6.07, 6.45) is 4.29. The van der Waals surface area contributed by atoms with Crippen LogP contribution in [0.3, 0.4) is 0 Å². The molecule has 2 aliphatic rings. The zero-order valence-electron chi connectivity index (χ0n) is 10.1. The largest absolute Gasteiger partial charge is 0.352 e. The van der Waals surface area contributed by atoms with Crippen LogP contribution in [0.1, 0.15) is 39.5 Å². The van der Waals surface area contributed by atoms with Crippen molar-refractivity contribution >= 4 is 11.8 Å². The molecule has 1 aliphatic carbocycles. The molecule has 2 amide bonds. The summed E-state index contributed by atoms with van der Waals surface area (Å²) in [6.45, 7) is 4.89. The van der Waals surface area contributed by atoms with E-state index in [0.29, 0.717) is 13.1 Å². The second-order valence-corrected chi connectivity index (χ2v) is 5.29. The topological polar surface area (TPSA) is 49.4 Å². The van der Waals surface area contributed by atoms with Crippen LogP contribution in [0.4, 0.5) is 0 Å². The Morgan fingerprint density at radius 3 is 2.62 bits per heavy atom. The van der Waals surface area contributed by atoms with Gasteiger partial charge in [-0.1, -0.05) is 12.8 Å². The zero-order valence-corrected chi connectivity index (χ0v) is 10.1. The molecule has 0 unspecified atom stereocenters. The third-order valence-corrected chi connectivity index (χ3v) is 3.82. The minimum atomic E-state index is -0.683. The van der Waals surface area contributed by atoms with Crippen LogP contribution >= 0.6 is 0 Å². The summed E-state index contributed by atoms with van der Waals surface area (Å²) in [7, 11) is 0. The molecule has 1 N–H and O–H groups in total. The minimum absolute atomic E-state index is 0.0369. The van der Waals surface area contributed by atoms with Crippen molar-refractivity contribution in [2.24, 2.45) is 5.92 Å². The van der Waals surface area contributed by atoms with Gasteiger partial charge in [-0.2, -0.15) is 0 Å². The van der Waals surface area contributed by atoms with Crippen LogP contribution in [0.25, 0.3) is 0 Å². The summed E-state index contributed by atoms with van der Waals surface area (Å²) in [5.41, 5.74) is -0.683. The molecule has 0 aromatic rings. The van der Waals surface area contributed by atoms with E-state index in [9.17, 15) is 9.59 Å². The van der Waals surface area contributed by atoms with Gasteiger partial charge in [0.2, 0.25) is 11.8 Å². The molecule has 90 valence electrons. The summed E-state index contributed by atoms with van der Waals surface area (Å²) in [5.74, 6) is 0.299. The van der Waals surface area contributed by atoms with Gasteiger partial charge in [0.15, 0.2) is 0 Å². The van der Waals surface area contributed by atoms with Crippen LogP contribution in [0.15, 0.2) is 0 Å². The second kappa shape index (κ2) is 4.07. The number of piperazine rings is 1. The number of nitrogens with one attached hydrogen (secondary N) is 1. The smallest absolute Gasteiger partial charge is 0.245 e. The predicted molar refractivity (Wildman–Crippen MR) is 60.8 cm³/mol. The molecular formula is C12H20N2O2. The molecule has 2 rings (SSSR count). The third-order valence-electron chi connectivity index (χ3n) is 3.82. The van der Waals surface area contributed by atoms with E-state index < -0.39 is 5.54 Å². The highest BCUT2D eigenvalue weighted by Crippen LogP contribution is 2.29. The highest BCUT2D eigenvalue weighted by Gasteiger charge is 2.42. The molecule has 0 spiro atoms. The average Bonchev–Trinajstić information content (AvgIpc) is 2.74. The summed E-state index contributed by atoms with van der Waals surface area (Å²) in [5, 5.41) is 2.81. The first-order valence-corrected chi connectivity index (χ1v) is 6.13. The molecule has 0 bridgehead atoms. The summed E-state index contributed by atoms with van der Waals surface area (Å²) < 4.78 is 0. The molecule has 0 aromatic heterocycles. The van der Waals surface area contributed by atoms with Gasteiger partial charge < -0.3 is 10.2 Å². The number of nitrogens with zero attached hydrogens (tertiary/aromatic N) is 1. The molecule has 0 atom stereocenters. The summed E-state index contributed by atoms with van der Waals surface area (Å²) in [4.78, 5) is 25.8. The van der Waals surface area contributed by atoms with Crippen molar-refractivity contribution in [3.63, 3.8) is 0 Å². The standard InChI is InChI=1S/C12H20N2O2/c1-12(2)11(16)13-7-8-14(12)10(15)9-5-3-4-6-9/h9H,3-8H2,1-2H3,(H,13,16). The van der Waals surface area contributed by atoms with Crippen molar-refractivity contribution in [1.82, 2.24) is 10.2 Å².